The highest BCUT2D eigenvalue weighted by Crippen LogP contribution is 2.29. The summed E-state index contributed by atoms with van der Waals surface area (Å²) < 4.78 is 10.1. The van der Waals surface area contributed by atoms with Crippen molar-refractivity contribution in [2.45, 2.75) is 12.3 Å². The quantitative estimate of drug-likeness (QED) is 0.633. The number of methoxy groups -OCH3 is 1. The molecule has 1 aromatic rings. The van der Waals surface area contributed by atoms with Crippen molar-refractivity contribution in [3.05, 3.63) is 28.8 Å². The van der Waals surface area contributed by atoms with Crippen LogP contribution in [0.3, 0.4) is 0 Å². The summed E-state index contributed by atoms with van der Waals surface area (Å²) in [5, 5.41) is 9.40. The van der Waals surface area contributed by atoms with Crippen molar-refractivity contribution in [3.8, 4) is 11.8 Å². The summed E-state index contributed by atoms with van der Waals surface area (Å²) in [7, 11) is 1.46. The maximum atomic E-state index is 11.7. The van der Waals surface area contributed by atoms with Crippen LogP contribution in [-0.2, 0) is 10.1 Å². The molecule has 0 atom stereocenters. The van der Waals surface area contributed by atoms with Crippen molar-refractivity contribution in [2.75, 3.05) is 13.7 Å². The van der Waals surface area contributed by atoms with Gasteiger partial charge in [0.2, 0.25) is 0 Å². The number of rotatable bonds is 4. The van der Waals surface area contributed by atoms with Gasteiger partial charge in [-0.1, -0.05) is 15.9 Å². The molecule has 17 heavy (non-hydrogen) atoms. The third-order valence-electron chi connectivity index (χ3n) is 2.21. The first kappa shape index (κ1) is 13.5. The molecule has 0 fully saturated rings. The number of ether oxygens (including phenoxy) is 2. The van der Waals surface area contributed by atoms with E-state index in [0.29, 0.717) is 34.4 Å². The molecule has 5 heteroatoms. The normalized spacial score (nSPS) is 9.53. The zero-order valence-corrected chi connectivity index (χ0v) is 11.2. The number of hydrogen-bond acceptors (Lipinski definition) is 4. The lowest BCUT2D eigenvalue weighted by molar-refractivity contribution is 0.0522. The number of nitriles is 1. The fourth-order valence-electron chi connectivity index (χ4n) is 1.47. The van der Waals surface area contributed by atoms with Crippen molar-refractivity contribution >= 4 is 21.9 Å². The first-order valence-electron chi connectivity index (χ1n) is 5.02. The van der Waals surface area contributed by atoms with Crippen LogP contribution in [0.4, 0.5) is 0 Å². The Morgan fingerprint density at radius 2 is 2.24 bits per heavy atom. The molecule has 4 nitrogen and oxygen atoms in total. The van der Waals surface area contributed by atoms with Gasteiger partial charge in [-0.15, -0.1) is 0 Å². The molecule has 0 aliphatic rings. The lowest BCUT2D eigenvalue weighted by Gasteiger charge is -2.12. The fraction of sp³-hybridized carbons (Fsp3) is 0.333. The summed E-state index contributed by atoms with van der Waals surface area (Å²) in [5.74, 6) is -0.0598. The minimum atomic E-state index is -0.448. The van der Waals surface area contributed by atoms with Crippen LogP contribution in [0, 0.1) is 11.3 Å². The SMILES string of the molecule is CCOC(=O)c1ccc(C#N)c(CBr)c1OC. The van der Waals surface area contributed by atoms with Crippen LogP contribution in [0.2, 0.25) is 0 Å². The van der Waals surface area contributed by atoms with E-state index >= 15 is 0 Å². The molecule has 0 aliphatic heterocycles. The van der Waals surface area contributed by atoms with Gasteiger partial charge in [0.25, 0.3) is 0 Å². The van der Waals surface area contributed by atoms with Crippen LogP contribution in [0.5, 0.6) is 5.75 Å². The van der Waals surface area contributed by atoms with Crippen LogP contribution in [-0.4, -0.2) is 19.7 Å². The number of carbonyl (C=O) groups is 1. The molecule has 0 N–H and O–H groups in total. The molecule has 0 amide bonds. The van der Waals surface area contributed by atoms with Crippen LogP contribution in [0.15, 0.2) is 12.1 Å². The zero-order valence-electron chi connectivity index (χ0n) is 9.62. The summed E-state index contributed by atoms with van der Waals surface area (Å²) >= 11 is 3.28. The Kier molecular flexibility index (Phi) is 4.98. The van der Waals surface area contributed by atoms with Gasteiger partial charge < -0.3 is 9.47 Å². The molecule has 0 aromatic heterocycles. The molecule has 0 saturated carbocycles. The molecule has 0 spiro atoms. The Bertz CT molecular complexity index is 466. The van der Waals surface area contributed by atoms with Gasteiger partial charge in [-0.3, -0.25) is 0 Å². The number of hydrogen-bond donors (Lipinski definition) is 0. The van der Waals surface area contributed by atoms with E-state index in [-0.39, 0.29) is 0 Å². The predicted molar refractivity (Wildman–Crippen MR) is 66.3 cm³/mol. The summed E-state index contributed by atoms with van der Waals surface area (Å²) in [6.45, 7) is 2.03. The smallest absolute Gasteiger partial charge is 0.341 e. The number of alkyl halides is 1. The third-order valence-corrected chi connectivity index (χ3v) is 2.77. The molecule has 1 aromatic carbocycles. The van der Waals surface area contributed by atoms with Gasteiger partial charge in [0.15, 0.2) is 0 Å². The van der Waals surface area contributed by atoms with Crippen molar-refractivity contribution in [3.63, 3.8) is 0 Å². The van der Waals surface area contributed by atoms with Gasteiger partial charge in [-0.25, -0.2) is 4.79 Å². The summed E-state index contributed by atoms with van der Waals surface area (Å²) in [6.07, 6.45) is 0. The number of nitrogens with zero attached hydrogens (tertiary/aromatic N) is 1. The Balaban J connectivity index is 3.34. The van der Waals surface area contributed by atoms with E-state index in [2.05, 4.69) is 22.0 Å². The largest absolute Gasteiger partial charge is 0.495 e. The van der Waals surface area contributed by atoms with Gasteiger partial charge >= 0.3 is 5.97 Å². The number of halogens is 1. The Morgan fingerprint density at radius 3 is 2.71 bits per heavy atom. The number of carbonyl (C=O) groups excluding carboxylic acids is 1. The molecule has 0 unspecified atom stereocenters. The third kappa shape index (κ3) is 2.77. The Labute approximate surface area is 108 Å². The molecule has 0 bridgehead atoms. The van der Waals surface area contributed by atoms with Crippen molar-refractivity contribution in [1.29, 1.82) is 5.26 Å². The van der Waals surface area contributed by atoms with Gasteiger partial charge in [0.05, 0.1) is 25.3 Å². The first-order chi connectivity index (χ1) is 8.19. The molecule has 90 valence electrons. The van der Waals surface area contributed by atoms with E-state index in [1.54, 1.807) is 19.1 Å². The Morgan fingerprint density at radius 1 is 1.53 bits per heavy atom. The van der Waals surface area contributed by atoms with Gasteiger partial charge in [0.1, 0.15) is 11.3 Å². The van der Waals surface area contributed by atoms with Crippen molar-refractivity contribution in [2.24, 2.45) is 0 Å². The lowest BCUT2D eigenvalue weighted by atomic mass is 10.0. The van der Waals surface area contributed by atoms with Crippen molar-refractivity contribution in [1.82, 2.24) is 0 Å². The highest BCUT2D eigenvalue weighted by atomic mass is 79.9. The van der Waals surface area contributed by atoms with E-state index in [1.165, 1.54) is 7.11 Å². The predicted octanol–water partition coefficient (Wildman–Crippen LogP) is 2.64. The molecule has 0 heterocycles. The average Bonchev–Trinajstić information content (AvgIpc) is 2.36. The van der Waals surface area contributed by atoms with Crippen LogP contribution >= 0.6 is 15.9 Å². The summed E-state index contributed by atoms with van der Waals surface area (Å²) in [6, 6.07) is 5.19. The highest BCUT2D eigenvalue weighted by Gasteiger charge is 2.19. The molecule has 0 aliphatic carbocycles. The second-order valence-electron chi connectivity index (χ2n) is 3.14. The Hall–Kier alpha value is -1.54. The minimum absolute atomic E-state index is 0.297. The van der Waals surface area contributed by atoms with E-state index in [0.717, 1.165) is 0 Å². The average molecular weight is 298 g/mol. The summed E-state index contributed by atoms with van der Waals surface area (Å²) in [5.41, 5.74) is 1.47. The van der Waals surface area contributed by atoms with Crippen LogP contribution < -0.4 is 4.74 Å². The minimum Gasteiger partial charge on any atom is -0.495 e. The van der Waals surface area contributed by atoms with E-state index in [4.69, 9.17) is 14.7 Å². The fourth-order valence-corrected chi connectivity index (χ4v) is 2.02. The maximum Gasteiger partial charge on any atom is 0.341 e. The maximum absolute atomic E-state index is 11.7. The first-order valence-corrected chi connectivity index (χ1v) is 6.14. The van der Waals surface area contributed by atoms with E-state index in [1.807, 2.05) is 0 Å². The standard InChI is InChI=1S/C12H12BrNO3/c1-3-17-12(15)9-5-4-8(7-14)10(6-13)11(9)16-2/h4-5H,3,6H2,1-2H3. The van der Waals surface area contributed by atoms with Gasteiger partial charge in [0, 0.05) is 10.9 Å². The van der Waals surface area contributed by atoms with E-state index < -0.39 is 5.97 Å². The van der Waals surface area contributed by atoms with E-state index in [9.17, 15) is 4.79 Å². The molecule has 1 rings (SSSR count). The van der Waals surface area contributed by atoms with Crippen LogP contribution in [0.1, 0.15) is 28.4 Å². The number of esters is 1. The zero-order chi connectivity index (χ0) is 12.8. The van der Waals surface area contributed by atoms with Gasteiger partial charge in [-0.2, -0.15) is 5.26 Å². The van der Waals surface area contributed by atoms with Crippen molar-refractivity contribution < 1.29 is 14.3 Å². The van der Waals surface area contributed by atoms with Crippen LogP contribution in [0.25, 0.3) is 0 Å². The molecular weight excluding hydrogens is 286 g/mol. The number of benzene rings is 1. The summed E-state index contributed by atoms with van der Waals surface area (Å²) in [4.78, 5) is 11.7. The monoisotopic (exact) mass is 297 g/mol. The second-order valence-corrected chi connectivity index (χ2v) is 3.70. The lowest BCUT2D eigenvalue weighted by Crippen LogP contribution is -2.08. The molecule has 0 saturated heterocycles. The second kappa shape index (κ2) is 6.26. The molecule has 0 radical (unpaired) electrons. The van der Waals surface area contributed by atoms with Gasteiger partial charge in [-0.05, 0) is 19.1 Å². The molecular formula is C12H12BrNO3. The topological polar surface area (TPSA) is 59.3 Å². The highest BCUT2D eigenvalue weighted by molar-refractivity contribution is 9.08.